The molecule has 4 nitrogen and oxygen atoms in total. The predicted octanol–water partition coefficient (Wildman–Crippen LogP) is 3.35. The molecule has 1 saturated heterocycles. The lowest BCUT2D eigenvalue weighted by molar-refractivity contribution is 0.0275. The molecule has 0 unspecified atom stereocenters. The quantitative estimate of drug-likeness (QED) is 0.840. The highest BCUT2D eigenvalue weighted by molar-refractivity contribution is 5.68. The van der Waals surface area contributed by atoms with E-state index >= 15 is 0 Å². The van der Waals surface area contributed by atoms with Crippen LogP contribution in [0.2, 0.25) is 0 Å². The zero-order chi connectivity index (χ0) is 15.6. The molecule has 0 bridgehead atoms. The maximum atomic E-state index is 13.1. The zero-order valence-electron chi connectivity index (χ0n) is 12.4. The first-order chi connectivity index (χ1) is 9.74. The molecule has 1 heterocycles. The van der Waals surface area contributed by atoms with Crippen LogP contribution >= 0.6 is 0 Å². The second kappa shape index (κ2) is 5.87. The van der Waals surface area contributed by atoms with E-state index < -0.39 is 17.2 Å². The van der Waals surface area contributed by atoms with Crippen molar-refractivity contribution in [3.63, 3.8) is 0 Å². The summed E-state index contributed by atoms with van der Waals surface area (Å²) in [5.41, 5.74) is -0.546. The first kappa shape index (κ1) is 15.5. The molecule has 1 aliphatic rings. The number of benzene rings is 1. The summed E-state index contributed by atoms with van der Waals surface area (Å²) in [5, 5.41) is 0. The van der Waals surface area contributed by atoms with E-state index in [1.165, 1.54) is 6.07 Å². The van der Waals surface area contributed by atoms with E-state index in [0.29, 0.717) is 19.5 Å². The van der Waals surface area contributed by atoms with Crippen LogP contribution in [0.1, 0.15) is 27.2 Å². The third-order valence-electron chi connectivity index (χ3n) is 2.99. The van der Waals surface area contributed by atoms with E-state index in [9.17, 15) is 13.6 Å². The maximum absolute atomic E-state index is 13.1. The van der Waals surface area contributed by atoms with Gasteiger partial charge in [-0.1, -0.05) is 0 Å². The Morgan fingerprint density at radius 3 is 2.62 bits per heavy atom. The number of carbonyl (C=O) groups excluding carboxylic acids is 1. The third-order valence-corrected chi connectivity index (χ3v) is 2.99. The van der Waals surface area contributed by atoms with Gasteiger partial charge in [-0.15, -0.1) is 0 Å². The van der Waals surface area contributed by atoms with Crippen molar-refractivity contribution in [2.45, 2.75) is 38.9 Å². The van der Waals surface area contributed by atoms with E-state index in [-0.39, 0.29) is 17.9 Å². The second-order valence-electron chi connectivity index (χ2n) is 6.03. The SMILES string of the molecule is CC(C)(C)OC(=O)N1CC[C@@H](Oc2ccc(F)c(F)c2)C1. The van der Waals surface area contributed by atoms with Gasteiger partial charge in [0, 0.05) is 19.0 Å². The summed E-state index contributed by atoms with van der Waals surface area (Å²) >= 11 is 0. The first-order valence-corrected chi connectivity index (χ1v) is 6.84. The normalized spacial score (nSPS) is 18.7. The summed E-state index contributed by atoms with van der Waals surface area (Å²) in [5.74, 6) is -1.61. The molecule has 1 fully saturated rings. The lowest BCUT2D eigenvalue weighted by Crippen LogP contribution is -2.36. The molecule has 0 aromatic heterocycles. The van der Waals surface area contributed by atoms with E-state index in [1.807, 2.05) is 0 Å². The number of amides is 1. The van der Waals surface area contributed by atoms with Gasteiger partial charge < -0.3 is 14.4 Å². The molecule has 6 heteroatoms. The Hall–Kier alpha value is -1.85. The number of likely N-dealkylation sites (tertiary alicyclic amines) is 1. The lowest BCUT2D eigenvalue weighted by atomic mass is 10.2. The van der Waals surface area contributed by atoms with E-state index in [1.54, 1.807) is 25.7 Å². The van der Waals surface area contributed by atoms with Gasteiger partial charge in [0.1, 0.15) is 17.5 Å². The van der Waals surface area contributed by atoms with Crippen LogP contribution in [0, 0.1) is 11.6 Å². The van der Waals surface area contributed by atoms with Gasteiger partial charge in [-0.25, -0.2) is 13.6 Å². The highest BCUT2D eigenvalue weighted by Crippen LogP contribution is 2.22. The van der Waals surface area contributed by atoms with Crippen molar-refractivity contribution in [3.8, 4) is 5.75 Å². The van der Waals surface area contributed by atoms with Gasteiger partial charge in [0.15, 0.2) is 11.6 Å². The summed E-state index contributed by atoms with van der Waals surface area (Å²) in [6.07, 6.45) is -0.0145. The average molecular weight is 299 g/mol. The van der Waals surface area contributed by atoms with Crippen LogP contribution in [-0.4, -0.2) is 35.8 Å². The summed E-state index contributed by atoms with van der Waals surface area (Å²) in [4.78, 5) is 13.4. The number of halogens is 2. The molecule has 2 rings (SSSR count). The standard InChI is InChI=1S/C15H19F2NO3/c1-15(2,3)21-14(19)18-7-6-11(9-18)20-10-4-5-12(16)13(17)8-10/h4-5,8,11H,6-7,9H2,1-3H3/t11-/m1/s1. The largest absolute Gasteiger partial charge is 0.488 e. The number of ether oxygens (including phenoxy) is 2. The van der Waals surface area contributed by atoms with Gasteiger partial charge >= 0.3 is 6.09 Å². The van der Waals surface area contributed by atoms with Gasteiger partial charge in [0.25, 0.3) is 0 Å². The van der Waals surface area contributed by atoms with Gasteiger partial charge in [-0.3, -0.25) is 0 Å². The Bertz CT molecular complexity index is 528. The fourth-order valence-electron chi connectivity index (χ4n) is 2.06. The highest BCUT2D eigenvalue weighted by Gasteiger charge is 2.30. The predicted molar refractivity (Wildman–Crippen MR) is 73.2 cm³/mol. The molecule has 21 heavy (non-hydrogen) atoms. The van der Waals surface area contributed by atoms with Gasteiger partial charge in [0.2, 0.25) is 0 Å². The van der Waals surface area contributed by atoms with Crippen molar-refractivity contribution in [2.75, 3.05) is 13.1 Å². The molecule has 1 aromatic rings. The minimum absolute atomic E-state index is 0.248. The van der Waals surface area contributed by atoms with Crippen molar-refractivity contribution in [1.82, 2.24) is 4.90 Å². The van der Waals surface area contributed by atoms with Crippen molar-refractivity contribution < 1.29 is 23.0 Å². The molecule has 0 spiro atoms. The van der Waals surface area contributed by atoms with Crippen molar-refractivity contribution in [2.24, 2.45) is 0 Å². The first-order valence-electron chi connectivity index (χ1n) is 6.84. The lowest BCUT2D eigenvalue weighted by Gasteiger charge is -2.24. The zero-order valence-corrected chi connectivity index (χ0v) is 12.4. The minimum atomic E-state index is -0.950. The van der Waals surface area contributed by atoms with Crippen LogP contribution in [0.3, 0.4) is 0 Å². The Morgan fingerprint density at radius 2 is 2.00 bits per heavy atom. The van der Waals surface area contributed by atoms with Gasteiger partial charge in [-0.05, 0) is 32.9 Å². The molecule has 0 radical (unpaired) electrons. The van der Waals surface area contributed by atoms with E-state index in [4.69, 9.17) is 9.47 Å². The molecular weight excluding hydrogens is 280 g/mol. The Kier molecular flexibility index (Phi) is 4.34. The summed E-state index contributed by atoms with van der Waals surface area (Å²) in [7, 11) is 0. The Morgan fingerprint density at radius 1 is 1.29 bits per heavy atom. The molecule has 0 aliphatic carbocycles. The molecular formula is C15H19F2NO3. The smallest absolute Gasteiger partial charge is 0.410 e. The van der Waals surface area contributed by atoms with E-state index in [0.717, 1.165) is 12.1 Å². The number of rotatable bonds is 2. The topological polar surface area (TPSA) is 38.8 Å². The fraction of sp³-hybridized carbons (Fsp3) is 0.533. The van der Waals surface area contributed by atoms with Crippen LogP contribution in [0.4, 0.5) is 13.6 Å². The van der Waals surface area contributed by atoms with Crippen LogP contribution in [-0.2, 0) is 4.74 Å². The fourth-order valence-corrected chi connectivity index (χ4v) is 2.06. The van der Waals surface area contributed by atoms with Crippen molar-refractivity contribution in [1.29, 1.82) is 0 Å². The molecule has 1 aliphatic heterocycles. The molecule has 116 valence electrons. The number of hydrogen-bond donors (Lipinski definition) is 0. The Labute approximate surface area is 122 Å². The van der Waals surface area contributed by atoms with Gasteiger partial charge in [0.05, 0.1) is 6.54 Å². The minimum Gasteiger partial charge on any atom is -0.488 e. The van der Waals surface area contributed by atoms with Crippen molar-refractivity contribution in [3.05, 3.63) is 29.8 Å². The van der Waals surface area contributed by atoms with Gasteiger partial charge in [-0.2, -0.15) is 0 Å². The second-order valence-corrected chi connectivity index (χ2v) is 6.03. The number of nitrogens with zero attached hydrogens (tertiary/aromatic N) is 1. The van der Waals surface area contributed by atoms with E-state index in [2.05, 4.69) is 0 Å². The summed E-state index contributed by atoms with van der Waals surface area (Å²) < 4.78 is 36.8. The number of hydrogen-bond acceptors (Lipinski definition) is 3. The molecule has 1 amide bonds. The summed E-state index contributed by atoms with van der Waals surface area (Å²) in [6, 6.07) is 3.39. The third kappa shape index (κ3) is 4.31. The molecule has 0 saturated carbocycles. The molecule has 1 atom stereocenters. The van der Waals surface area contributed by atoms with Crippen LogP contribution in [0.5, 0.6) is 5.75 Å². The monoisotopic (exact) mass is 299 g/mol. The Balaban J connectivity index is 1.90. The van der Waals surface area contributed by atoms with Crippen LogP contribution in [0.15, 0.2) is 18.2 Å². The van der Waals surface area contributed by atoms with Crippen LogP contribution in [0.25, 0.3) is 0 Å². The van der Waals surface area contributed by atoms with Crippen molar-refractivity contribution >= 4 is 6.09 Å². The summed E-state index contributed by atoms with van der Waals surface area (Å²) in [6.45, 7) is 6.29. The van der Waals surface area contributed by atoms with Crippen LogP contribution < -0.4 is 4.74 Å². The number of carbonyl (C=O) groups is 1. The highest BCUT2D eigenvalue weighted by atomic mass is 19.2. The average Bonchev–Trinajstić information content (AvgIpc) is 2.80. The molecule has 1 aromatic carbocycles. The maximum Gasteiger partial charge on any atom is 0.410 e. The molecule has 0 N–H and O–H groups in total.